The van der Waals surface area contributed by atoms with Crippen LogP contribution in [0.5, 0.6) is 0 Å². The second kappa shape index (κ2) is 69.3. The second-order valence-corrected chi connectivity index (χ2v) is 30.2. The van der Waals surface area contributed by atoms with E-state index in [-0.39, 0.29) is 18.9 Å². The molecule has 0 spiro atoms. The van der Waals surface area contributed by atoms with Crippen molar-refractivity contribution in [1.82, 2.24) is 5.32 Å². The van der Waals surface area contributed by atoms with Crippen molar-refractivity contribution in [3.63, 3.8) is 0 Å². The van der Waals surface area contributed by atoms with E-state index in [0.717, 1.165) is 109 Å². The molecule has 0 aromatic heterocycles. The van der Waals surface area contributed by atoms with E-state index >= 15 is 0 Å². The maximum Gasteiger partial charge on any atom is 0.220 e. The molecule has 17 atom stereocenters. The fourth-order valence-electron chi connectivity index (χ4n) is 13.8. The molecule has 19 nitrogen and oxygen atoms in total. The molecule has 0 aliphatic carbocycles. The first kappa shape index (κ1) is 100. The van der Waals surface area contributed by atoms with Crippen LogP contribution in [0.25, 0.3) is 0 Å². The summed E-state index contributed by atoms with van der Waals surface area (Å²) in [6.45, 7) is 1.61. The highest BCUT2D eigenvalue weighted by molar-refractivity contribution is 5.76. The van der Waals surface area contributed by atoms with Gasteiger partial charge in [-0.05, 0) is 109 Å². The van der Waals surface area contributed by atoms with Gasteiger partial charge in [0, 0.05) is 6.42 Å². The third-order valence-corrected chi connectivity index (χ3v) is 20.7. The van der Waals surface area contributed by atoms with E-state index in [1.165, 1.54) is 161 Å². The predicted octanol–water partition coefficient (Wildman–Crippen LogP) is 16.0. The minimum absolute atomic E-state index is 0.218. The lowest BCUT2D eigenvalue weighted by atomic mass is 9.96. The Morgan fingerprint density at radius 2 is 0.636 bits per heavy atom. The van der Waals surface area contributed by atoms with E-state index in [0.29, 0.717) is 12.8 Å². The van der Waals surface area contributed by atoms with Crippen LogP contribution in [0.2, 0.25) is 0 Å². The maximum absolute atomic E-state index is 13.5. The van der Waals surface area contributed by atoms with Gasteiger partial charge in [-0.25, -0.2) is 0 Å². The number of hydrogen-bond donors (Lipinski definition) is 12. The highest BCUT2D eigenvalue weighted by Crippen LogP contribution is 2.33. The molecule has 0 aromatic rings. The average Bonchev–Trinajstić information content (AvgIpc) is 0.795. The normalized spacial score (nSPS) is 25.8. The smallest absolute Gasteiger partial charge is 0.220 e. The quantitative estimate of drug-likeness (QED) is 0.0199. The molecule has 3 heterocycles. The number of aliphatic hydroxyl groups is 11. The van der Waals surface area contributed by atoms with Gasteiger partial charge in [-0.3, -0.25) is 4.79 Å². The van der Waals surface area contributed by atoms with E-state index in [1.54, 1.807) is 6.08 Å². The summed E-state index contributed by atoms with van der Waals surface area (Å²) in [5.41, 5.74) is 0. The molecule has 0 saturated carbocycles. The summed E-state index contributed by atoms with van der Waals surface area (Å²) in [6, 6.07) is -1.01. The molecule has 0 aromatic carbocycles. The first-order chi connectivity index (χ1) is 53.8. The molecular weight excluding hydrogens is 1390 g/mol. The Hall–Kier alpha value is -4.07. The zero-order valence-electron chi connectivity index (χ0n) is 67.9. The molecule has 632 valence electrons. The van der Waals surface area contributed by atoms with Crippen LogP contribution in [-0.2, 0) is 33.2 Å². The van der Waals surface area contributed by atoms with Crippen molar-refractivity contribution in [2.45, 2.75) is 407 Å². The number of unbranched alkanes of at least 4 members (excludes halogenated alkanes) is 32. The van der Waals surface area contributed by atoms with Gasteiger partial charge in [0.05, 0.1) is 38.6 Å². The summed E-state index contributed by atoms with van der Waals surface area (Å²) >= 11 is 0. The summed E-state index contributed by atoms with van der Waals surface area (Å²) in [7, 11) is 0. The largest absolute Gasteiger partial charge is 0.394 e. The van der Waals surface area contributed by atoms with Crippen molar-refractivity contribution in [2.75, 3.05) is 26.4 Å². The van der Waals surface area contributed by atoms with Gasteiger partial charge < -0.3 is 89.9 Å². The Morgan fingerprint density at radius 1 is 0.336 bits per heavy atom. The number of rotatable bonds is 68. The summed E-state index contributed by atoms with van der Waals surface area (Å²) < 4.78 is 34.5. The van der Waals surface area contributed by atoms with Crippen molar-refractivity contribution in [3.8, 4) is 0 Å². The minimum Gasteiger partial charge on any atom is -0.394 e. The van der Waals surface area contributed by atoms with Crippen LogP contribution in [0.4, 0.5) is 0 Å². The lowest BCUT2D eigenvalue weighted by Crippen LogP contribution is -2.66. The van der Waals surface area contributed by atoms with E-state index in [4.69, 9.17) is 28.4 Å². The van der Waals surface area contributed by atoms with Crippen LogP contribution in [0.1, 0.15) is 303 Å². The van der Waals surface area contributed by atoms with Crippen molar-refractivity contribution in [1.29, 1.82) is 0 Å². The first-order valence-electron chi connectivity index (χ1n) is 43.4. The number of ether oxygens (including phenoxy) is 6. The summed E-state index contributed by atoms with van der Waals surface area (Å²) in [6.07, 6.45) is 73.0. The summed E-state index contributed by atoms with van der Waals surface area (Å²) in [5.74, 6) is -0.297. The van der Waals surface area contributed by atoms with Crippen LogP contribution in [-0.4, -0.2) is 193 Å². The molecule has 3 aliphatic heterocycles. The highest BCUT2D eigenvalue weighted by atomic mass is 16.8. The number of carbonyl (C=O) groups excluding carboxylic acids is 1. The average molecular weight is 1550 g/mol. The molecule has 3 aliphatic rings. The van der Waals surface area contributed by atoms with Crippen molar-refractivity contribution in [3.05, 3.63) is 134 Å². The maximum atomic E-state index is 13.5. The van der Waals surface area contributed by atoms with Crippen LogP contribution in [0.15, 0.2) is 134 Å². The third kappa shape index (κ3) is 47.7. The van der Waals surface area contributed by atoms with Crippen LogP contribution < -0.4 is 5.32 Å². The Kier molecular flexibility index (Phi) is 63.0. The molecule has 0 radical (unpaired) electrons. The zero-order chi connectivity index (χ0) is 79.5. The predicted molar refractivity (Wildman–Crippen MR) is 443 cm³/mol. The number of carbonyl (C=O) groups is 1. The van der Waals surface area contributed by atoms with Crippen LogP contribution in [0.3, 0.4) is 0 Å². The highest BCUT2D eigenvalue weighted by Gasteiger charge is 2.54. The molecular formula is C91H155NO18. The number of amides is 1. The van der Waals surface area contributed by atoms with Crippen molar-refractivity contribution in [2.24, 2.45) is 0 Å². The van der Waals surface area contributed by atoms with Gasteiger partial charge in [-0.2, -0.15) is 0 Å². The van der Waals surface area contributed by atoms with E-state index < -0.39 is 124 Å². The molecule has 3 saturated heterocycles. The molecule has 12 N–H and O–H groups in total. The first-order valence-corrected chi connectivity index (χ1v) is 43.4. The minimum atomic E-state index is -1.99. The monoisotopic (exact) mass is 1550 g/mol. The van der Waals surface area contributed by atoms with Gasteiger partial charge in [-0.15, -0.1) is 0 Å². The Balaban J connectivity index is 1.37. The van der Waals surface area contributed by atoms with Crippen molar-refractivity contribution >= 4 is 5.91 Å². The molecule has 3 fully saturated rings. The molecule has 1 amide bonds. The number of nitrogens with one attached hydrogen (secondary N) is 1. The molecule has 19 heteroatoms. The Bertz CT molecular complexity index is 2510. The van der Waals surface area contributed by atoms with E-state index in [2.05, 4.69) is 141 Å². The lowest BCUT2D eigenvalue weighted by Gasteiger charge is -2.48. The van der Waals surface area contributed by atoms with Crippen molar-refractivity contribution < 1.29 is 89.4 Å². The zero-order valence-corrected chi connectivity index (χ0v) is 67.9. The Morgan fingerprint density at radius 3 is 1.02 bits per heavy atom. The molecule has 3 rings (SSSR count). The van der Waals surface area contributed by atoms with Crippen LogP contribution in [0, 0.1) is 0 Å². The third-order valence-electron chi connectivity index (χ3n) is 20.7. The molecule has 0 bridgehead atoms. The number of aliphatic hydroxyl groups excluding tert-OH is 11. The topological polar surface area (TPSA) is 307 Å². The van der Waals surface area contributed by atoms with Gasteiger partial charge >= 0.3 is 0 Å². The number of hydrogen-bond acceptors (Lipinski definition) is 18. The number of allylic oxidation sites excluding steroid dienone is 21. The summed E-state index contributed by atoms with van der Waals surface area (Å²) in [4.78, 5) is 13.5. The summed E-state index contributed by atoms with van der Waals surface area (Å²) in [5, 5.41) is 121. The SMILES string of the molecule is CC/C=C\C/C=C\C/C=C\C/C=C\C/C=C\C/C=C\C/C=C\C/C=C\CCCCCCCCCCCCC(=O)NC(COC1OC(CO)C(OC2OC(CO)C(OC3OC(CO)C(O)C(O)C3O)C(O)C2O)C(O)C1O)C(O)/C=C/CC/C=C/CC/C=C/CCCCCCCCCCCCCCCCCCCCCC. The standard InChI is InChI=1S/C91H155NO18/c1-3-5-7-9-11-13-15-17-19-21-23-25-27-29-31-33-35-36-37-38-39-41-43-45-47-49-51-53-55-57-59-61-63-65-67-69-79(97)92-74(75(96)68-66-64-62-60-58-56-54-52-50-48-46-44-42-40-34-32-30-28-26-24-22-20-18-16-14-12-10-8-6-4-2)73-105-89-85(103)82(100)87(77(71-94)107-89)110-91-86(104)83(101)88(78(72-95)108-91)109-90-84(102)81(99)80(98)76(70-93)106-90/h5,7,11,13,17,19,23,25,29,31,35-36,38-39,43,45,50,52,58,60,66,68,74-78,80-91,93-96,98-104H,3-4,6,8-10,12,14-16,18,20-22,24,26-28,30,32-34,37,40-42,44,46-49,51,53-57,59,61-65,67,69-73H2,1-2H3,(H,92,97)/b7-5-,13-11-,19-17-,25-23-,31-29-,36-35-,39-38-,45-43-,52-50+,60-58+,68-66+. The fraction of sp³-hybridized carbons (Fsp3) is 0.747. The van der Waals surface area contributed by atoms with E-state index in [9.17, 15) is 61.0 Å². The van der Waals surface area contributed by atoms with Gasteiger partial charge in [0.25, 0.3) is 0 Å². The Labute approximate surface area is 664 Å². The lowest BCUT2D eigenvalue weighted by molar-refractivity contribution is -0.379. The fourth-order valence-corrected chi connectivity index (χ4v) is 13.8. The van der Waals surface area contributed by atoms with Gasteiger partial charge in [0.15, 0.2) is 18.9 Å². The van der Waals surface area contributed by atoms with Crippen LogP contribution >= 0.6 is 0 Å². The van der Waals surface area contributed by atoms with Gasteiger partial charge in [0.1, 0.15) is 73.2 Å². The van der Waals surface area contributed by atoms with Gasteiger partial charge in [-0.1, -0.05) is 321 Å². The molecule has 110 heavy (non-hydrogen) atoms. The van der Waals surface area contributed by atoms with E-state index in [1.807, 2.05) is 6.08 Å². The second-order valence-electron chi connectivity index (χ2n) is 30.2. The molecule has 17 unspecified atom stereocenters. The van der Waals surface area contributed by atoms with Gasteiger partial charge in [0.2, 0.25) is 5.91 Å².